The molecular formula is C33H42O21. The molecule has 0 aliphatic carbocycles. The average molecular weight is 775 g/mol. The van der Waals surface area contributed by atoms with Crippen molar-refractivity contribution in [2.75, 3.05) is 19.8 Å². The highest BCUT2D eigenvalue weighted by molar-refractivity contribution is 5.70. The van der Waals surface area contributed by atoms with Crippen LogP contribution >= 0.6 is 0 Å². The third-order valence-corrected chi connectivity index (χ3v) is 9.45. The quantitative estimate of drug-likeness (QED) is 0.107. The summed E-state index contributed by atoms with van der Waals surface area (Å²) < 4.78 is 40.0. The fourth-order valence-electron chi connectivity index (χ4n) is 6.32. The Morgan fingerprint density at radius 1 is 0.519 bits per heavy atom. The third-order valence-electron chi connectivity index (χ3n) is 9.45. The molecule has 16 atom stereocenters. The molecular weight excluding hydrogens is 732 g/mol. The van der Waals surface area contributed by atoms with Crippen molar-refractivity contribution < 1.29 is 105 Å². The minimum Gasteiger partial charge on any atom is -0.508 e. The molecule has 21 nitrogen and oxygen atoms in total. The molecule has 3 saturated heterocycles. The van der Waals surface area contributed by atoms with Gasteiger partial charge in [0, 0.05) is 17.7 Å². The van der Waals surface area contributed by atoms with E-state index in [-0.39, 0.29) is 34.1 Å². The van der Waals surface area contributed by atoms with Gasteiger partial charge in [-0.1, -0.05) is 6.07 Å². The Hall–Kier alpha value is -3.62. The Balaban J connectivity index is 1.38. The summed E-state index contributed by atoms with van der Waals surface area (Å²) in [7, 11) is 0. The van der Waals surface area contributed by atoms with Gasteiger partial charge in [-0.25, -0.2) is 0 Å². The lowest BCUT2D eigenvalue weighted by molar-refractivity contribution is -0.293. The highest BCUT2D eigenvalue weighted by Crippen LogP contribution is 2.47. The van der Waals surface area contributed by atoms with Crippen molar-refractivity contribution in [1.29, 1.82) is 0 Å². The van der Waals surface area contributed by atoms with Gasteiger partial charge in [0.2, 0.25) is 18.9 Å². The molecule has 0 amide bonds. The summed E-state index contributed by atoms with van der Waals surface area (Å²) in [5, 5.41) is 144. The summed E-state index contributed by atoms with van der Waals surface area (Å²) in [5.41, 5.74) is 0.0748. The molecule has 4 aliphatic rings. The average Bonchev–Trinajstić information content (AvgIpc) is 3.16. The maximum atomic E-state index is 10.8. The van der Waals surface area contributed by atoms with Crippen LogP contribution in [-0.2, 0) is 18.9 Å². The first-order valence-electron chi connectivity index (χ1n) is 16.7. The molecule has 2 aromatic carbocycles. The molecule has 6 rings (SSSR count). The lowest BCUT2D eigenvalue weighted by Gasteiger charge is -2.41. The lowest BCUT2D eigenvalue weighted by Crippen LogP contribution is -2.60. The number of ether oxygens (including phenoxy) is 7. The Morgan fingerprint density at radius 3 is 1.46 bits per heavy atom. The van der Waals surface area contributed by atoms with Crippen molar-refractivity contribution in [1.82, 2.24) is 0 Å². The number of hydrogen-bond donors (Lipinski definition) is 14. The van der Waals surface area contributed by atoms with Gasteiger partial charge in [0.1, 0.15) is 96.3 Å². The molecule has 0 radical (unpaired) electrons. The minimum absolute atomic E-state index is 0.0165. The van der Waals surface area contributed by atoms with Crippen molar-refractivity contribution in [3.63, 3.8) is 0 Å². The number of phenolic OH excluding ortho intramolecular Hbond substituents is 2. The summed E-state index contributed by atoms with van der Waals surface area (Å²) in [6.07, 6.45) is -25.7. The maximum Gasteiger partial charge on any atom is 0.229 e. The molecule has 21 heteroatoms. The standard InChI is InChI=1S/C33H42O21/c34-7-18-21(39)24(42)27(45)31(52-18)49-15-5-11(37)4-14-12(15)6-17(51-33-29(47)26(44)23(41)20(9-36)54-33)30(48-14)10-1-2-13(38)16(3-10)50-32-28(46)25(43)22(40)19(8-35)53-32/h1-6,18-47H,7-9H2/t18-,19+,20-,21-,22-,23-,24+,25+,26-,27-,28-,29+,30?,31-,32+,33-/m1/s1. The lowest BCUT2D eigenvalue weighted by atomic mass is 9.98. The van der Waals surface area contributed by atoms with E-state index in [9.17, 15) is 71.5 Å². The molecule has 14 N–H and O–H groups in total. The van der Waals surface area contributed by atoms with Crippen LogP contribution in [-0.4, -0.2) is 183 Å². The Morgan fingerprint density at radius 2 is 0.981 bits per heavy atom. The van der Waals surface area contributed by atoms with Gasteiger partial charge in [-0.15, -0.1) is 0 Å². The van der Waals surface area contributed by atoms with Crippen LogP contribution in [0.2, 0.25) is 0 Å². The monoisotopic (exact) mass is 774 g/mol. The predicted molar refractivity (Wildman–Crippen MR) is 171 cm³/mol. The van der Waals surface area contributed by atoms with E-state index in [1.807, 2.05) is 0 Å². The van der Waals surface area contributed by atoms with Gasteiger partial charge in [0.15, 0.2) is 17.6 Å². The topological polar surface area (TPSA) is 348 Å². The van der Waals surface area contributed by atoms with Gasteiger partial charge >= 0.3 is 0 Å². The van der Waals surface area contributed by atoms with Crippen molar-refractivity contribution in [3.05, 3.63) is 47.2 Å². The van der Waals surface area contributed by atoms with Crippen molar-refractivity contribution in [2.24, 2.45) is 0 Å². The smallest absolute Gasteiger partial charge is 0.229 e. The second-order valence-electron chi connectivity index (χ2n) is 13.1. The van der Waals surface area contributed by atoms with Crippen LogP contribution < -0.4 is 14.2 Å². The molecule has 54 heavy (non-hydrogen) atoms. The van der Waals surface area contributed by atoms with Gasteiger partial charge in [0.25, 0.3) is 0 Å². The number of benzene rings is 2. The second kappa shape index (κ2) is 16.2. The maximum absolute atomic E-state index is 10.8. The first-order valence-corrected chi connectivity index (χ1v) is 16.7. The van der Waals surface area contributed by atoms with Crippen molar-refractivity contribution in [2.45, 2.75) is 98.2 Å². The first-order chi connectivity index (χ1) is 25.7. The summed E-state index contributed by atoms with van der Waals surface area (Å²) in [6.45, 7) is -2.32. The molecule has 1 unspecified atom stereocenters. The molecule has 3 fully saturated rings. The number of hydrogen-bond acceptors (Lipinski definition) is 21. The minimum atomic E-state index is -1.90. The zero-order valence-electron chi connectivity index (χ0n) is 27.9. The number of aromatic hydroxyl groups is 2. The normalized spacial score (nSPS) is 39.5. The van der Waals surface area contributed by atoms with E-state index in [0.29, 0.717) is 0 Å². The van der Waals surface area contributed by atoms with E-state index >= 15 is 0 Å². The molecule has 0 spiro atoms. The van der Waals surface area contributed by atoms with Gasteiger partial charge in [-0.2, -0.15) is 0 Å². The molecule has 0 aromatic heterocycles. The van der Waals surface area contributed by atoms with Crippen LogP contribution in [0, 0.1) is 0 Å². The Labute approximate surface area is 304 Å². The molecule has 0 bridgehead atoms. The van der Waals surface area contributed by atoms with Crippen LogP contribution in [0.25, 0.3) is 6.08 Å². The van der Waals surface area contributed by atoms with Crippen LogP contribution in [0.3, 0.4) is 0 Å². The Kier molecular flexibility index (Phi) is 12.0. The van der Waals surface area contributed by atoms with E-state index in [1.54, 1.807) is 0 Å². The molecule has 2 aromatic rings. The highest BCUT2D eigenvalue weighted by Gasteiger charge is 2.48. The Bertz CT molecular complexity index is 1640. The first kappa shape index (κ1) is 40.1. The number of phenols is 2. The van der Waals surface area contributed by atoms with E-state index in [0.717, 1.165) is 18.2 Å². The second-order valence-corrected chi connectivity index (χ2v) is 13.1. The summed E-state index contributed by atoms with van der Waals surface area (Å²) in [6, 6.07) is 5.86. The predicted octanol–water partition coefficient (Wildman–Crippen LogP) is -5.25. The molecule has 300 valence electrons. The number of fused-ring (bicyclic) bond motifs is 1. The van der Waals surface area contributed by atoms with E-state index in [2.05, 4.69) is 0 Å². The van der Waals surface area contributed by atoms with E-state index < -0.39 is 130 Å². The van der Waals surface area contributed by atoms with Gasteiger partial charge < -0.3 is 105 Å². The fraction of sp³-hybridized carbons (Fsp3) is 0.576. The van der Waals surface area contributed by atoms with Crippen LogP contribution in [0.1, 0.15) is 17.2 Å². The van der Waals surface area contributed by atoms with E-state index in [4.69, 9.17) is 33.2 Å². The van der Waals surface area contributed by atoms with E-state index in [1.165, 1.54) is 18.2 Å². The zero-order chi connectivity index (χ0) is 39.2. The molecule has 0 saturated carbocycles. The van der Waals surface area contributed by atoms with Gasteiger partial charge in [-0.05, 0) is 18.2 Å². The summed E-state index contributed by atoms with van der Waals surface area (Å²) >= 11 is 0. The van der Waals surface area contributed by atoms with Gasteiger partial charge in [0.05, 0.1) is 25.4 Å². The van der Waals surface area contributed by atoms with Crippen LogP contribution in [0.15, 0.2) is 36.1 Å². The van der Waals surface area contributed by atoms with Crippen LogP contribution in [0.4, 0.5) is 0 Å². The largest absolute Gasteiger partial charge is 0.508 e. The summed E-state index contributed by atoms with van der Waals surface area (Å²) in [4.78, 5) is 0. The van der Waals surface area contributed by atoms with Crippen LogP contribution in [0.5, 0.6) is 28.7 Å². The highest BCUT2D eigenvalue weighted by atomic mass is 16.7. The third kappa shape index (κ3) is 7.62. The fourth-order valence-corrected chi connectivity index (χ4v) is 6.32. The SMILES string of the molecule is OC[C@@H]1O[C@H](Oc2cc(C3Oc4cc(O)cc(O[C@@H]5O[C@H](CO)[C@@H](O)[C@H](O)[C@H]5O)c4C=C3O[C@@H]3O[C@H](CO)[C@@H](O)[C@@H](O)[C@@H]3O)ccc2O)[C@H](O)[C@@H](O)[C@@H]1O. The number of aliphatic hydroxyl groups excluding tert-OH is 12. The number of aliphatic hydroxyl groups is 12. The number of rotatable bonds is 10. The molecule has 4 aliphatic heterocycles. The van der Waals surface area contributed by atoms with Gasteiger partial charge in [-0.3, -0.25) is 0 Å². The van der Waals surface area contributed by atoms with Crippen molar-refractivity contribution >= 4 is 6.08 Å². The zero-order valence-corrected chi connectivity index (χ0v) is 27.9. The van der Waals surface area contributed by atoms with Crippen molar-refractivity contribution in [3.8, 4) is 28.7 Å². The summed E-state index contributed by atoms with van der Waals surface area (Å²) in [5.74, 6) is -1.97. The molecule has 4 heterocycles.